The maximum Gasteiger partial charge on any atom is 0.338 e. The van der Waals surface area contributed by atoms with E-state index in [1.807, 2.05) is 0 Å². The molecule has 1 heterocycles. The number of amides is 3. The van der Waals surface area contributed by atoms with Crippen molar-refractivity contribution in [3.05, 3.63) is 64.1 Å². The van der Waals surface area contributed by atoms with E-state index in [2.05, 4.69) is 26.8 Å². The highest BCUT2D eigenvalue weighted by Gasteiger charge is 2.36. The third-order valence-electron chi connectivity index (χ3n) is 4.92. The minimum atomic E-state index is -0.748. The number of carbonyl (C=O) groups is 5. The van der Waals surface area contributed by atoms with E-state index in [1.165, 1.54) is 4.90 Å². The molecule has 2 N–H and O–H groups in total. The molecule has 1 atom stereocenters. The van der Waals surface area contributed by atoms with Crippen molar-refractivity contribution in [1.29, 1.82) is 0 Å². The van der Waals surface area contributed by atoms with Crippen LogP contribution in [0.1, 0.15) is 34.1 Å². The molecule has 3 amide bonds. The Labute approximate surface area is 203 Å². The van der Waals surface area contributed by atoms with Crippen LogP contribution in [-0.2, 0) is 23.9 Å². The average molecular weight is 532 g/mol. The smallest absolute Gasteiger partial charge is 0.338 e. The standard InChI is InChI=1S/C23H22BrN3O7/c1-2-33-22(31)15-5-9-18(10-6-15)27-12-16(11-20(27)29)23(32)34-13-19(28)25-26-21(30)14-3-7-17(24)8-4-14/h3-10,16H,2,11-13H2,1H3,(H,25,28)(H,26,30)/t16-/m0/s1. The van der Waals surface area contributed by atoms with Crippen molar-refractivity contribution in [2.45, 2.75) is 13.3 Å². The molecule has 0 bridgehead atoms. The maximum atomic E-state index is 12.4. The van der Waals surface area contributed by atoms with Crippen LogP contribution >= 0.6 is 15.9 Å². The number of hydrogen-bond donors (Lipinski definition) is 2. The van der Waals surface area contributed by atoms with Crippen LogP contribution in [0.4, 0.5) is 5.69 Å². The van der Waals surface area contributed by atoms with E-state index in [1.54, 1.807) is 55.5 Å². The fraction of sp³-hybridized carbons (Fsp3) is 0.261. The molecule has 0 spiro atoms. The second kappa shape index (κ2) is 11.4. The van der Waals surface area contributed by atoms with Crippen molar-refractivity contribution in [3.63, 3.8) is 0 Å². The van der Waals surface area contributed by atoms with Crippen LogP contribution in [0.15, 0.2) is 53.0 Å². The zero-order chi connectivity index (χ0) is 24.7. The van der Waals surface area contributed by atoms with Gasteiger partial charge >= 0.3 is 11.9 Å². The molecule has 11 heteroatoms. The second-order valence-electron chi connectivity index (χ2n) is 7.29. The topological polar surface area (TPSA) is 131 Å². The molecular formula is C23H22BrN3O7. The molecule has 0 unspecified atom stereocenters. The predicted octanol–water partition coefficient (Wildman–Crippen LogP) is 1.98. The molecule has 2 aromatic carbocycles. The summed E-state index contributed by atoms with van der Waals surface area (Å²) in [6.07, 6.45) is -0.0691. The summed E-state index contributed by atoms with van der Waals surface area (Å²) in [5.74, 6) is -3.45. The molecule has 10 nitrogen and oxygen atoms in total. The molecule has 0 saturated carbocycles. The lowest BCUT2D eigenvalue weighted by Gasteiger charge is -2.17. The Kier molecular flexibility index (Phi) is 8.36. The van der Waals surface area contributed by atoms with Gasteiger partial charge in [0, 0.05) is 28.7 Å². The van der Waals surface area contributed by atoms with Crippen LogP contribution in [0.2, 0.25) is 0 Å². The van der Waals surface area contributed by atoms with E-state index in [0.29, 0.717) is 16.8 Å². The first kappa shape index (κ1) is 24.9. The Morgan fingerprint density at radius 1 is 0.971 bits per heavy atom. The molecule has 1 aliphatic rings. The van der Waals surface area contributed by atoms with E-state index in [-0.39, 0.29) is 25.5 Å². The highest BCUT2D eigenvalue weighted by atomic mass is 79.9. The number of nitrogens with zero attached hydrogens (tertiary/aromatic N) is 1. The van der Waals surface area contributed by atoms with Gasteiger partial charge in [-0.05, 0) is 55.5 Å². The van der Waals surface area contributed by atoms with E-state index in [0.717, 1.165) is 4.47 Å². The van der Waals surface area contributed by atoms with Crippen LogP contribution in [0.5, 0.6) is 0 Å². The molecule has 2 aromatic rings. The average Bonchev–Trinajstić information content (AvgIpc) is 3.23. The third kappa shape index (κ3) is 6.41. The molecule has 34 heavy (non-hydrogen) atoms. The fourth-order valence-electron chi connectivity index (χ4n) is 3.20. The first-order valence-electron chi connectivity index (χ1n) is 10.4. The summed E-state index contributed by atoms with van der Waals surface area (Å²) in [7, 11) is 0. The number of carbonyl (C=O) groups excluding carboxylic acids is 5. The van der Waals surface area contributed by atoms with Gasteiger partial charge in [-0.3, -0.25) is 30.0 Å². The van der Waals surface area contributed by atoms with Gasteiger partial charge < -0.3 is 14.4 Å². The largest absolute Gasteiger partial charge is 0.462 e. The van der Waals surface area contributed by atoms with Crippen molar-refractivity contribution in [2.75, 3.05) is 24.7 Å². The summed E-state index contributed by atoms with van der Waals surface area (Å²) in [4.78, 5) is 61.8. The molecule has 0 radical (unpaired) electrons. The molecule has 178 valence electrons. The van der Waals surface area contributed by atoms with Gasteiger partial charge in [-0.1, -0.05) is 15.9 Å². The van der Waals surface area contributed by atoms with Crippen molar-refractivity contribution in [3.8, 4) is 0 Å². The Hall–Kier alpha value is -3.73. The number of halogens is 1. The normalized spacial score (nSPS) is 14.9. The molecule has 3 rings (SSSR count). The highest BCUT2D eigenvalue weighted by molar-refractivity contribution is 9.10. The van der Waals surface area contributed by atoms with Gasteiger partial charge in [0.05, 0.1) is 18.1 Å². The van der Waals surface area contributed by atoms with E-state index >= 15 is 0 Å². The van der Waals surface area contributed by atoms with Gasteiger partial charge in [-0.15, -0.1) is 0 Å². The molecule has 1 fully saturated rings. The monoisotopic (exact) mass is 531 g/mol. The molecule has 0 aliphatic carbocycles. The molecule has 1 aliphatic heterocycles. The highest BCUT2D eigenvalue weighted by Crippen LogP contribution is 2.26. The molecule has 0 aromatic heterocycles. The number of anilines is 1. The number of rotatable bonds is 7. The summed E-state index contributed by atoms with van der Waals surface area (Å²) < 4.78 is 10.7. The Morgan fingerprint density at radius 3 is 2.26 bits per heavy atom. The van der Waals surface area contributed by atoms with E-state index in [4.69, 9.17) is 9.47 Å². The zero-order valence-electron chi connectivity index (χ0n) is 18.2. The summed E-state index contributed by atoms with van der Waals surface area (Å²) in [6.45, 7) is 1.43. The fourth-order valence-corrected chi connectivity index (χ4v) is 3.46. The van der Waals surface area contributed by atoms with Crippen LogP contribution in [0.25, 0.3) is 0 Å². The van der Waals surface area contributed by atoms with Gasteiger partial charge in [-0.2, -0.15) is 0 Å². The number of hydrazine groups is 1. The molecular weight excluding hydrogens is 510 g/mol. The summed E-state index contributed by atoms with van der Waals surface area (Å²) in [6, 6.07) is 12.8. The van der Waals surface area contributed by atoms with Gasteiger partial charge in [-0.25, -0.2) is 4.79 Å². The van der Waals surface area contributed by atoms with Crippen molar-refractivity contribution < 1.29 is 33.4 Å². The minimum Gasteiger partial charge on any atom is -0.462 e. The predicted molar refractivity (Wildman–Crippen MR) is 124 cm³/mol. The number of nitrogens with one attached hydrogen (secondary N) is 2. The number of hydrogen-bond acceptors (Lipinski definition) is 7. The van der Waals surface area contributed by atoms with Crippen molar-refractivity contribution >= 4 is 51.3 Å². The lowest BCUT2D eigenvalue weighted by molar-refractivity contribution is -0.152. The minimum absolute atomic E-state index is 0.0691. The lowest BCUT2D eigenvalue weighted by Crippen LogP contribution is -2.43. The van der Waals surface area contributed by atoms with E-state index in [9.17, 15) is 24.0 Å². The summed E-state index contributed by atoms with van der Waals surface area (Å²) in [5, 5.41) is 0. The van der Waals surface area contributed by atoms with Crippen molar-refractivity contribution in [1.82, 2.24) is 10.9 Å². The van der Waals surface area contributed by atoms with Crippen LogP contribution in [0, 0.1) is 5.92 Å². The summed E-state index contributed by atoms with van der Waals surface area (Å²) in [5.41, 5.74) is 5.61. The van der Waals surface area contributed by atoms with Gasteiger partial charge in [0.2, 0.25) is 5.91 Å². The zero-order valence-corrected chi connectivity index (χ0v) is 19.8. The van der Waals surface area contributed by atoms with Crippen LogP contribution in [-0.4, -0.2) is 49.4 Å². The SMILES string of the molecule is CCOC(=O)c1ccc(N2C[C@@H](C(=O)OCC(=O)NNC(=O)c3ccc(Br)cc3)CC2=O)cc1. The van der Waals surface area contributed by atoms with Crippen LogP contribution < -0.4 is 15.8 Å². The molecule has 1 saturated heterocycles. The maximum absolute atomic E-state index is 12.4. The number of ether oxygens (including phenoxy) is 2. The first-order valence-corrected chi connectivity index (χ1v) is 11.2. The summed E-state index contributed by atoms with van der Waals surface area (Å²) >= 11 is 3.26. The third-order valence-corrected chi connectivity index (χ3v) is 5.44. The Bertz CT molecular complexity index is 1090. The quantitative estimate of drug-likeness (QED) is 0.412. The lowest BCUT2D eigenvalue weighted by atomic mass is 10.1. The Morgan fingerprint density at radius 2 is 1.62 bits per heavy atom. The number of benzene rings is 2. The Balaban J connectivity index is 1.46. The number of esters is 2. The van der Waals surface area contributed by atoms with Gasteiger partial charge in [0.15, 0.2) is 6.61 Å². The van der Waals surface area contributed by atoms with Crippen LogP contribution in [0.3, 0.4) is 0 Å². The first-order chi connectivity index (χ1) is 16.3. The second-order valence-corrected chi connectivity index (χ2v) is 8.21. The van der Waals surface area contributed by atoms with E-state index < -0.39 is 36.3 Å². The van der Waals surface area contributed by atoms with Gasteiger partial charge in [0.25, 0.3) is 11.8 Å². The van der Waals surface area contributed by atoms with Gasteiger partial charge in [0.1, 0.15) is 0 Å². The van der Waals surface area contributed by atoms with Crippen molar-refractivity contribution in [2.24, 2.45) is 5.92 Å².